The van der Waals surface area contributed by atoms with Crippen molar-refractivity contribution in [3.8, 4) is 0 Å². The topological polar surface area (TPSA) is 55.3 Å². The third kappa shape index (κ3) is 3.60. The Kier molecular flexibility index (Phi) is 4.81. The average molecular weight is 267 g/mol. The van der Waals surface area contributed by atoms with E-state index in [1.54, 1.807) is 12.4 Å². The smallest absolute Gasteiger partial charge is 0.316 e. The van der Waals surface area contributed by atoms with E-state index >= 15 is 0 Å². The second-order valence-electron chi connectivity index (χ2n) is 4.13. The van der Waals surface area contributed by atoms with Gasteiger partial charge in [0.2, 0.25) is 0 Å². The predicted octanol–water partition coefficient (Wildman–Crippen LogP) is 1.73. The van der Waals surface area contributed by atoms with Gasteiger partial charge in [0.05, 0.1) is 25.3 Å². The fraction of sp³-hybridized carbons (Fsp3) is 0.583. The van der Waals surface area contributed by atoms with Crippen LogP contribution in [0.2, 0.25) is 0 Å². The fourth-order valence-corrected chi connectivity index (χ4v) is 2.55. The molecule has 0 aliphatic carbocycles. The second-order valence-corrected chi connectivity index (χ2v) is 5.12. The molecule has 1 aromatic rings. The zero-order valence-corrected chi connectivity index (χ0v) is 11.3. The molecule has 0 spiro atoms. The van der Waals surface area contributed by atoms with Crippen molar-refractivity contribution < 1.29 is 9.53 Å². The Hall–Kier alpha value is -1.30. The largest absolute Gasteiger partial charge is 0.468 e. The van der Waals surface area contributed by atoms with Crippen LogP contribution in [0.15, 0.2) is 17.4 Å². The van der Waals surface area contributed by atoms with Gasteiger partial charge < -0.3 is 9.64 Å². The van der Waals surface area contributed by atoms with Gasteiger partial charge in [-0.2, -0.15) is 0 Å². The Balaban J connectivity index is 1.98. The van der Waals surface area contributed by atoms with Crippen molar-refractivity contribution in [3.63, 3.8) is 0 Å². The molecule has 1 saturated heterocycles. The number of rotatable bonds is 4. The normalized spacial score (nSPS) is 15.5. The molecule has 0 saturated carbocycles. The molecule has 1 aromatic heterocycles. The Morgan fingerprint density at radius 3 is 2.89 bits per heavy atom. The van der Waals surface area contributed by atoms with Crippen LogP contribution in [0.4, 0.5) is 5.82 Å². The Bertz CT molecular complexity index is 408. The number of thioether (sulfide) groups is 1. The first-order valence-electron chi connectivity index (χ1n) is 6.06. The van der Waals surface area contributed by atoms with Gasteiger partial charge in [0.1, 0.15) is 10.8 Å². The van der Waals surface area contributed by atoms with Crippen LogP contribution in [0.3, 0.4) is 0 Å². The minimum Gasteiger partial charge on any atom is -0.468 e. The summed E-state index contributed by atoms with van der Waals surface area (Å²) in [6.07, 6.45) is 7.18. The van der Waals surface area contributed by atoms with Crippen molar-refractivity contribution in [2.75, 3.05) is 30.9 Å². The monoisotopic (exact) mass is 267 g/mol. The summed E-state index contributed by atoms with van der Waals surface area (Å²) in [5, 5.41) is 0.767. The van der Waals surface area contributed by atoms with E-state index in [4.69, 9.17) is 0 Å². The van der Waals surface area contributed by atoms with E-state index < -0.39 is 0 Å². The van der Waals surface area contributed by atoms with Crippen LogP contribution >= 0.6 is 11.8 Å². The zero-order valence-electron chi connectivity index (χ0n) is 10.5. The molecular weight excluding hydrogens is 250 g/mol. The first-order chi connectivity index (χ1) is 8.79. The summed E-state index contributed by atoms with van der Waals surface area (Å²) in [7, 11) is 1.39. The molecule has 0 atom stereocenters. The summed E-state index contributed by atoms with van der Waals surface area (Å²) < 4.78 is 4.60. The highest BCUT2D eigenvalue weighted by Gasteiger charge is 2.13. The van der Waals surface area contributed by atoms with Crippen molar-refractivity contribution in [1.82, 2.24) is 9.97 Å². The summed E-state index contributed by atoms with van der Waals surface area (Å²) in [4.78, 5) is 22.0. The van der Waals surface area contributed by atoms with E-state index in [-0.39, 0.29) is 11.7 Å². The number of ether oxygens (including phenoxy) is 1. The highest BCUT2D eigenvalue weighted by Crippen LogP contribution is 2.20. The lowest BCUT2D eigenvalue weighted by Gasteiger charge is -2.27. The van der Waals surface area contributed by atoms with Crippen LogP contribution in [0.1, 0.15) is 19.3 Å². The minimum atomic E-state index is -0.245. The van der Waals surface area contributed by atoms with Gasteiger partial charge in [-0.05, 0) is 19.3 Å². The van der Waals surface area contributed by atoms with E-state index in [0.29, 0.717) is 0 Å². The first kappa shape index (κ1) is 13.1. The zero-order chi connectivity index (χ0) is 12.8. The van der Waals surface area contributed by atoms with Gasteiger partial charge in [0, 0.05) is 13.1 Å². The molecule has 1 aliphatic heterocycles. The van der Waals surface area contributed by atoms with Crippen LogP contribution in [0.25, 0.3) is 0 Å². The molecule has 1 fully saturated rings. The summed E-state index contributed by atoms with van der Waals surface area (Å²) in [5.74, 6) is 0.934. The average Bonchev–Trinajstić information content (AvgIpc) is 2.46. The lowest BCUT2D eigenvalue weighted by molar-refractivity contribution is -0.137. The molecule has 6 heteroatoms. The first-order valence-corrected chi connectivity index (χ1v) is 7.05. The van der Waals surface area contributed by atoms with Crippen molar-refractivity contribution in [2.45, 2.75) is 24.3 Å². The summed E-state index contributed by atoms with van der Waals surface area (Å²) in [6, 6.07) is 0. The molecule has 0 bridgehead atoms. The number of piperidine rings is 1. The molecule has 18 heavy (non-hydrogen) atoms. The number of hydrogen-bond acceptors (Lipinski definition) is 6. The number of carbonyl (C=O) groups excluding carboxylic acids is 1. The van der Waals surface area contributed by atoms with E-state index in [0.717, 1.165) is 23.9 Å². The van der Waals surface area contributed by atoms with Crippen molar-refractivity contribution in [2.24, 2.45) is 0 Å². The molecule has 2 rings (SSSR count). The molecule has 5 nitrogen and oxygen atoms in total. The SMILES string of the molecule is COC(=O)CSc1cncc(N2CCCCC2)n1. The van der Waals surface area contributed by atoms with Crippen molar-refractivity contribution >= 4 is 23.5 Å². The highest BCUT2D eigenvalue weighted by atomic mass is 32.2. The molecule has 1 aliphatic rings. The molecule has 2 heterocycles. The number of methoxy groups -OCH3 is 1. The Morgan fingerprint density at radius 1 is 1.39 bits per heavy atom. The highest BCUT2D eigenvalue weighted by molar-refractivity contribution is 7.99. The van der Waals surface area contributed by atoms with Gasteiger partial charge in [-0.1, -0.05) is 11.8 Å². The minimum absolute atomic E-state index is 0.245. The van der Waals surface area contributed by atoms with Gasteiger partial charge in [-0.25, -0.2) is 4.98 Å². The van der Waals surface area contributed by atoms with E-state index in [1.165, 1.54) is 38.1 Å². The molecule has 0 N–H and O–H groups in total. The number of nitrogens with zero attached hydrogens (tertiary/aromatic N) is 3. The van der Waals surface area contributed by atoms with Gasteiger partial charge in [-0.15, -0.1) is 0 Å². The van der Waals surface area contributed by atoms with Crippen molar-refractivity contribution in [3.05, 3.63) is 12.4 Å². The number of aromatic nitrogens is 2. The second kappa shape index (κ2) is 6.58. The molecule has 0 aromatic carbocycles. The molecule has 98 valence electrons. The Labute approximate surface area is 111 Å². The van der Waals surface area contributed by atoms with E-state index in [1.807, 2.05) is 0 Å². The van der Waals surface area contributed by atoms with Crippen LogP contribution in [0, 0.1) is 0 Å². The molecule has 0 unspecified atom stereocenters. The van der Waals surface area contributed by atoms with Gasteiger partial charge in [-0.3, -0.25) is 9.78 Å². The lowest BCUT2D eigenvalue weighted by Crippen LogP contribution is -2.30. The van der Waals surface area contributed by atoms with Crippen LogP contribution < -0.4 is 4.90 Å². The maximum absolute atomic E-state index is 11.1. The summed E-state index contributed by atoms with van der Waals surface area (Å²) in [5.41, 5.74) is 0. The fourth-order valence-electron chi connectivity index (χ4n) is 1.88. The van der Waals surface area contributed by atoms with E-state index in [2.05, 4.69) is 19.6 Å². The van der Waals surface area contributed by atoms with Crippen molar-refractivity contribution in [1.29, 1.82) is 0 Å². The third-order valence-electron chi connectivity index (χ3n) is 2.85. The predicted molar refractivity (Wildman–Crippen MR) is 70.8 cm³/mol. The lowest BCUT2D eigenvalue weighted by atomic mass is 10.1. The number of carbonyl (C=O) groups is 1. The number of hydrogen-bond donors (Lipinski definition) is 0. The van der Waals surface area contributed by atoms with Crippen LogP contribution in [0.5, 0.6) is 0 Å². The third-order valence-corrected chi connectivity index (χ3v) is 3.72. The van der Waals surface area contributed by atoms with Gasteiger partial charge in [0.15, 0.2) is 0 Å². The maximum Gasteiger partial charge on any atom is 0.316 e. The van der Waals surface area contributed by atoms with E-state index in [9.17, 15) is 4.79 Å². The number of anilines is 1. The summed E-state index contributed by atoms with van der Waals surface area (Å²) in [6.45, 7) is 2.08. The van der Waals surface area contributed by atoms with Crippen LogP contribution in [-0.2, 0) is 9.53 Å². The maximum atomic E-state index is 11.1. The standard InChI is InChI=1S/C12H17N3O2S/c1-17-12(16)9-18-11-8-13-7-10(14-11)15-5-3-2-4-6-15/h7-8H,2-6,9H2,1H3. The Morgan fingerprint density at radius 2 is 2.17 bits per heavy atom. The number of esters is 1. The van der Waals surface area contributed by atoms with Crippen LogP contribution in [-0.4, -0.2) is 41.9 Å². The molecule has 0 radical (unpaired) electrons. The quantitative estimate of drug-likeness (QED) is 0.612. The van der Waals surface area contributed by atoms with Gasteiger partial charge >= 0.3 is 5.97 Å². The molecular formula is C12H17N3O2S. The van der Waals surface area contributed by atoms with Gasteiger partial charge in [0.25, 0.3) is 0 Å². The molecule has 0 amide bonds. The summed E-state index contributed by atoms with van der Waals surface area (Å²) >= 11 is 1.36.